The van der Waals surface area contributed by atoms with E-state index in [4.69, 9.17) is 15.2 Å². The number of benzene rings is 2. The molecular formula is C28H35N5O6. The zero-order valence-corrected chi connectivity index (χ0v) is 22.3. The van der Waals surface area contributed by atoms with Crippen molar-refractivity contribution in [3.63, 3.8) is 0 Å². The van der Waals surface area contributed by atoms with Crippen molar-refractivity contribution in [2.24, 2.45) is 17.1 Å². The Morgan fingerprint density at radius 3 is 2.31 bits per heavy atom. The summed E-state index contributed by atoms with van der Waals surface area (Å²) in [5, 5.41) is 22.9. The smallest absolute Gasteiger partial charge is 0.326 e. The van der Waals surface area contributed by atoms with Gasteiger partial charge in [0.1, 0.15) is 6.04 Å². The first-order chi connectivity index (χ1) is 18.6. The topological polar surface area (TPSA) is 170 Å². The molecule has 5 N–H and O–H groups in total. The van der Waals surface area contributed by atoms with E-state index in [1.807, 2.05) is 54.6 Å². The van der Waals surface area contributed by atoms with Gasteiger partial charge in [0, 0.05) is 6.04 Å². The Morgan fingerprint density at radius 2 is 1.72 bits per heavy atom. The standard InChI is InChI=1S/C28H35N5O6/c1-18(2)24(29)26(36)38-17-39-27(37)28(3,16-34)14-22(31-25(35)23-15-30-33-32-23)13-19-9-11-21(12-10-19)20-7-5-4-6-8-20/h4-12,15,18,22,24,34H,13-14,16-17,29H2,1-3H3,(H,31,35)(H,30,32,33)/t22-,24+,28+/m1/s1. The number of nitrogens with one attached hydrogen (secondary N) is 2. The van der Waals surface area contributed by atoms with E-state index in [-0.39, 0.29) is 18.0 Å². The summed E-state index contributed by atoms with van der Waals surface area (Å²) >= 11 is 0. The van der Waals surface area contributed by atoms with Crippen LogP contribution in [0.25, 0.3) is 11.1 Å². The summed E-state index contributed by atoms with van der Waals surface area (Å²) in [7, 11) is 0. The van der Waals surface area contributed by atoms with E-state index in [1.54, 1.807) is 13.8 Å². The van der Waals surface area contributed by atoms with Crippen LogP contribution in [0.1, 0.15) is 43.2 Å². The summed E-state index contributed by atoms with van der Waals surface area (Å²) < 4.78 is 10.1. The number of aliphatic hydroxyl groups is 1. The number of nitrogens with two attached hydrogens (primary N) is 1. The predicted octanol–water partition coefficient (Wildman–Crippen LogP) is 2.23. The first-order valence-corrected chi connectivity index (χ1v) is 12.6. The molecule has 0 radical (unpaired) electrons. The van der Waals surface area contributed by atoms with Gasteiger partial charge in [-0.25, -0.2) is 0 Å². The summed E-state index contributed by atoms with van der Waals surface area (Å²) in [5.41, 5.74) is 7.45. The molecule has 1 heterocycles. The highest BCUT2D eigenvalue weighted by atomic mass is 16.7. The molecule has 0 unspecified atom stereocenters. The molecule has 1 amide bonds. The maximum absolute atomic E-state index is 12.9. The number of aromatic nitrogens is 3. The van der Waals surface area contributed by atoms with Crippen LogP contribution in [-0.2, 0) is 25.5 Å². The van der Waals surface area contributed by atoms with E-state index in [1.165, 1.54) is 13.1 Å². The van der Waals surface area contributed by atoms with Crippen molar-refractivity contribution in [1.29, 1.82) is 0 Å². The molecule has 0 bridgehead atoms. The van der Waals surface area contributed by atoms with Crippen molar-refractivity contribution in [2.45, 2.75) is 45.7 Å². The molecule has 11 nitrogen and oxygen atoms in total. The van der Waals surface area contributed by atoms with Crippen molar-refractivity contribution >= 4 is 17.8 Å². The summed E-state index contributed by atoms with van der Waals surface area (Å²) in [5.74, 6) is -2.11. The fourth-order valence-corrected chi connectivity index (χ4v) is 3.93. The minimum absolute atomic E-state index is 0.0335. The number of hydrogen-bond donors (Lipinski definition) is 4. The Balaban J connectivity index is 1.72. The largest absolute Gasteiger partial charge is 0.427 e. The van der Waals surface area contributed by atoms with Gasteiger partial charge in [-0.3, -0.25) is 14.4 Å². The van der Waals surface area contributed by atoms with E-state index < -0.39 is 48.7 Å². The van der Waals surface area contributed by atoms with Crippen molar-refractivity contribution < 1.29 is 29.0 Å². The lowest BCUT2D eigenvalue weighted by molar-refractivity contribution is -0.177. The third kappa shape index (κ3) is 8.20. The van der Waals surface area contributed by atoms with E-state index in [0.717, 1.165) is 16.7 Å². The number of carbonyl (C=O) groups is 3. The molecule has 0 aliphatic carbocycles. The van der Waals surface area contributed by atoms with Crippen LogP contribution in [0, 0.1) is 11.3 Å². The quantitative estimate of drug-likeness (QED) is 0.189. The number of H-pyrrole nitrogens is 1. The molecule has 0 aliphatic rings. The monoisotopic (exact) mass is 537 g/mol. The fraction of sp³-hybridized carbons (Fsp3) is 0.393. The van der Waals surface area contributed by atoms with Gasteiger partial charge in [0.05, 0.1) is 18.2 Å². The summed E-state index contributed by atoms with van der Waals surface area (Å²) in [4.78, 5) is 37.7. The summed E-state index contributed by atoms with van der Waals surface area (Å²) in [6, 6.07) is 16.3. The maximum Gasteiger partial charge on any atom is 0.326 e. The maximum atomic E-state index is 12.9. The van der Waals surface area contributed by atoms with Gasteiger partial charge >= 0.3 is 11.9 Å². The predicted molar refractivity (Wildman–Crippen MR) is 143 cm³/mol. The van der Waals surface area contributed by atoms with E-state index in [2.05, 4.69) is 20.7 Å². The third-order valence-electron chi connectivity index (χ3n) is 6.45. The second-order valence-corrected chi connectivity index (χ2v) is 10.00. The Kier molecular flexibility index (Phi) is 10.3. The zero-order chi connectivity index (χ0) is 28.4. The van der Waals surface area contributed by atoms with Crippen LogP contribution in [0.2, 0.25) is 0 Å². The highest BCUT2D eigenvalue weighted by Crippen LogP contribution is 2.27. The molecule has 208 valence electrons. The third-order valence-corrected chi connectivity index (χ3v) is 6.45. The molecule has 1 aromatic heterocycles. The highest BCUT2D eigenvalue weighted by molar-refractivity contribution is 5.92. The molecule has 3 rings (SSSR count). The van der Waals surface area contributed by atoms with Gasteiger partial charge in [-0.2, -0.15) is 15.4 Å². The lowest BCUT2D eigenvalue weighted by atomic mass is 9.82. The number of rotatable bonds is 13. The fourth-order valence-electron chi connectivity index (χ4n) is 3.93. The molecule has 3 atom stereocenters. The van der Waals surface area contributed by atoms with Crippen LogP contribution in [0.3, 0.4) is 0 Å². The van der Waals surface area contributed by atoms with E-state index in [0.29, 0.717) is 6.42 Å². The van der Waals surface area contributed by atoms with Crippen LogP contribution in [-0.4, -0.2) is 63.8 Å². The van der Waals surface area contributed by atoms with E-state index in [9.17, 15) is 19.5 Å². The minimum atomic E-state index is -1.40. The van der Waals surface area contributed by atoms with Crippen LogP contribution in [0.15, 0.2) is 60.8 Å². The van der Waals surface area contributed by atoms with Gasteiger partial charge in [0.25, 0.3) is 5.91 Å². The van der Waals surface area contributed by atoms with Gasteiger partial charge < -0.3 is 25.6 Å². The molecule has 0 fully saturated rings. The number of carbonyl (C=O) groups excluding carboxylic acids is 3. The number of nitrogens with zero attached hydrogens (tertiary/aromatic N) is 2. The molecule has 3 aromatic rings. The summed E-state index contributed by atoms with van der Waals surface area (Å²) in [6.45, 7) is 3.86. The molecule has 11 heteroatoms. The SMILES string of the molecule is CC(C)[C@H](N)C(=O)OCOC(=O)[C@](C)(CO)C[C@@H](Cc1ccc(-c2ccccc2)cc1)NC(=O)c1cn[nH]n1. The summed E-state index contributed by atoms with van der Waals surface area (Å²) in [6.07, 6.45) is 1.68. The number of aromatic amines is 1. The molecular weight excluding hydrogens is 502 g/mol. The number of amides is 1. The van der Waals surface area contributed by atoms with Crippen LogP contribution < -0.4 is 11.1 Å². The number of ether oxygens (including phenoxy) is 2. The molecule has 0 aliphatic heterocycles. The normalized spacial score (nSPS) is 14.2. The number of hydrogen-bond acceptors (Lipinski definition) is 9. The highest BCUT2D eigenvalue weighted by Gasteiger charge is 2.38. The molecule has 0 saturated heterocycles. The van der Waals surface area contributed by atoms with Crippen LogP contribution >= 0.6 is 0 Å². The van der Waals surface area contributed by atoms with Gasteiger partial charge in [0.2, 0.25) is 6.79 Å². The van der Waals surface area contributed by atoms with Crippen molar-refractivity contribution in [1.82, 2.24) is 20.7 Å². The number of esters is 2. The van der Waals surface area contributed by atoms with Crippen molar-refractivity contribution in [2.75, 3.05) is 13.4 Å². The first-order valence-electron chi connectivity index (χ1n) is 12.6. The first kappa shape index (κ1) is 29.5. The minimum Gasteiger partial charge on any atom is -0.427 e. The van der Waals surface area contributed by atoms with Crippen molar-refractivity contribution in [3.05, 3.63) is 72.1 Å². The van der Waals surface area contributed by atoms with Crippen LogP contribution in [0.4, 0.5) is 0 Å². The average molecular weight is 538 g/mol. The molecule has 39 heavy (non-hydrogen) atoms. The lowest BCUT2D eigenvalue weighted by Crippen LogP contribution is -2.45. The van der Waals surface area contributed by atoms with Crippen LogP contribution in [0.5, 0.6) is 0 Å². The van der Waals surface area contributed by atoms with Gasteiger partial charge in [-0.05, 0) is 42.4 Å². The molecule has 2 aromatic carbocycles. The molecule has 0 spiro atoms. The Labute approximate surface area is 227 Å². The Morgan fingerprint density at radius 1 is 1.05 bits per heavy atom. The van der Waals surface area contributed by atoms with Gasteiger partial charge in [0.15, 0.2) is 5.69 Å². The Bertz CT molecular complexity index is 1220. The Hall–Kier alpha value is -4.09. The second-order valence-electron chi connectivity index (χ2n) is 10.00. The second kappa shape index (κ2) is 13.6. The van der Waals surface area contributed by atoms with Gasteiger partial charge in [-0.1, -0.05) is 68.4 Å². The van der Waals surface area contributed by atoms with Crippen molar-refractivity contribution in [3.8, 4) is 11.1 Å². The zero-order valence-electron chi connectivity index (χ0n) is 22.3. The van der Waals surface area contributed by atoms with E-state index >= 15 is 0 Å². The van der Waals surface area contributed by atoms with Gasteiger partial charge in [-0.15, -0.1) is 0 Å². The number of aliphatic hydroxyl groups excluding tert-OH is 1. The average Bonchev–Trinajstić information content (AvgIpc) is 3.48. The lowest BCUT2D eigenvalue weighted by Gasteiger charge is -2.30. The molecule has 0 saturated carbocycles.